The number of carbonyl (C=O) groups excluding carboxylic acids is 2. The fourth-order valence-electron chi connectivity index (χ4n) is 2.28. The lowest BCUT2D eigenvalue weighted by molar-refractivity contribution is -0.143. The Labute approximate surface area is 170 Å². The summed E-state index contributed by atoms with van der Waals surface area (Å²) in [5.74, 6) is 0.716. The van der Waals surface area contributed by atoms with Crippen molar-refractivity contribution < 1.29 is 28.5 Å². The summed E-state index contributed by atoms with van der Waals surface area (Å²) < 4.78 is 21.1. The summed E-state index contributed by atoms with van der Waals surface area (Å²) in [6, 6.07) is 7.18. The summed E-state index contributed by atoms with van der Waals surface area (Å²) in [5.41, 5.74) is 1.36. The van der Waals surface area contributed by atoms with E-state index in [2.05, 4.69) is 9.97 Å². The zero-order valence-corrected chi connectivity index (χ0v) is 16.8. The number of hydrogen-bond donors (Lipinski definition) is 0. The number of ether oxygens (including phenoxy) is 4. The third-order valence-electron chi connectivity index (χ3n) is 3.77. The summed E-state index contributed by atoms with van der Waals surface area (Å²) in [5, 5.41) is 0. The van der Waals surface area contributed by atoms with Crippen LogP contribution in [-0.2, 0) is 32.3 Å². The van der Waals surface area contributed by atoms with E-state index in [-0.39, 0.29) is 25.2 Å². The van der Waals surface area contributed by atoms with Crippen molar-refractivity contribution in [1.29, 1.82) is 0 Å². The first-order valence-corrected chi connectivity index (χ1v) is 9.45. The van der Waals surface area contributed by atoms with Crippen LogP contribution in [0.5, 0.6) is 11.5 Å². The SMILES string of the molecule is CC(=O)OCc1ccc(OCCCCCOc2ccc(COC(C)=O)nc2)cn1. The lowest BCUT2D eigenvalue weighted by Gasteiger charge is -2.08. The van der Waals surface area contributed by atoms with Crippen molar-refractivity contribution >= 4 is 11.9 Å². The van der Waals surface area contributed by atoms with Gasteiger partial charge in [-0.3, -0.25) is 19.6 Å². The zero-order chi connectivity index (χ0) is 20.9. The molecule has 0 spiro atoms. The van der Waals surface area contributed by atoms with E-state index in [0.29, 0.717) is 36.1 Å². The summed E-state index contributed by atoms with van der Waals surface area (Å²) in [6.45, 7) is 4.25. The second kappa shape index (κ2) is 12.3. The van der Waals surface area contributed by atoms with E-state index in [0.717, 1.165) is 19.3 Å². The third-order valence-corrected chi connectivity index (χ3v) is 3.77. The molecule has 8 heteroatoms. The van der Waals surface area contributed by atoms with Crippen molar-refractivity contribution in [3.63, 3.8) is 0 Å². The van der Waals surface area contributed by atoms with Gasteiger partial charge in [0.15, 0.2) is 0 Å². The monoisotopic (exact) mass is 402 g/mol. The lowest BCUT2D eigenvalue weighted by Crippen LogP contribution is -2.03. The smallest absolute Gasteiger partial charge is 0.303 e. The predicted octanol–water partition coefficient (Wildman–Crippen LogP) is 3.23. The average Bonchev–Trinajstić information content (AvgIpc) is 2.71. The number of nitrogens with zero attached hydrogens (tertiary/aromatic N) is 2. The second-order valence-corrected chi connectivity index (χ2v) is 6.29. The third kappa shape index (κ3) is 9.55. The quantitative estimate of drug-likeness (QED) is 0.394. The van der Waals surface area contributed by atoms with Crippen LogP contribution in [0.1, 0.15) is 44.5 Å². The molecule has 0 radical (unpaired) electrons. The summed E-state index contributed by atoms with van der Waals surface area (Å²) >= 11 is 0. The molecule has 2 aromatic heterocycles. The van der Waals surface area contributed by atoms with Crippen molar-refractivity contribution in [2.75, 3.05) is 13.2 Å². The molecular formula is C21H26N2O6. The summed E-state index contributed by atoms with van der Waals surface area (Å²) in [4.78, 5) is 29.9. The first-order valence-electron chi connectivity index (χ1n) is 9.45. The molecule has 0 bridgehead atoms. The molecule has 0 aromatic carbocycles. The normalized spacial score (nSPS) is 10.3. The van der Waals surface area contributed by atoms with Gasteiger partial charge < -0.3 is 18.9 Å². The van der Waals surface area contributed by atoms with E-state index in [1.165, 1.54) is 13.8 Å². The Morgan fingerprint density at radius 3 is 1.52 bits per heavy atom. The number of aromatic nitrogens is 2. The molecule has 8 nitrogen and oxygen atoms in total. The molecule has 0 atom stereocenters. The molecule has 0 fully saturated rings. The van der Waals surface area contributed by atoms with Gasteiger partial charge in [-0.05, 0) is 43.5 Å². The van der Waals surface area contributed by atoms with Crippen LogP contribution < -0.4 is 9.47 Å². The number of pyridine rings is 2. The molecule has 156 valence electrons. The first-order chi connectivity index (χ1) is 14.0. The highest BCUT2D eigenvalue weighted by Gasteiger charge is 2.01. The van der Waals surface area contributed by atoms with Gasteiger partial charge >= 0.3 is 11.9 Å². The van der Waals surface area contributed by atoms with Crippen LogP contribution in [0.4, 0.5) is 0 Å². The van der Waals surface area contributed by atoms with Gasteiger partial charge in [0, 0.05) is 13.8 Å². The largest absolute Gasteiger partial charge is 0.492 e. The molecule has 2 aromatic rings. The van der Waals surface area contributed by atoms with Gasteiger partial charge in [-0.1, -0.05) is 0 Å². The van der Waals surface area contributed by atoms with Gasteiger partial charge in [0.1, 0.15) is 24.7 Å². The molecule has 2 heterocycles. The first kappa shape index (κ1) is 22.1. The Morgan fingerprint density at radius 1 is 0.724 bits per heavy atom. The second-order valence-electron chi connectivity index (χ2n) is 6.29. The molecule has 29 heavy (non-hydrogen) atoms. The fraction of sp³-hybridized carbons (Fsp3) is 0.429. The maximum atomic E-state index is 10.8. The average molecular weight is 402 g/mol. The van der Waals surface area contributed by atoms with Crippen molar-refractivity contribution in [1.82, 2.24) is 9.97 Å². The van der Waals surface area contributed by atoms with Gasteiger partial charge in [0.05, 0.1) is 37.0 Å². The molecule has 0 aliphatic rings. The minimum Gasteiger partial charge on any atom is -0.492 e. The van der Waals surface area contributed by atoms with Crippen LogP contribution in [0.2, 0.25) is 0 Å². The van der Waals surface area contributed by atoms with Crippen molar-refractivity contribution in [2.45, 2.75) is 46.3 Å². The molecular weight excluding hydrogens is 376 g/mol. The van der Waals surface area contributed by atoms with E-state index >= 15 is 0 Å². The van der Waals surface area contributed by atoms with Crippen molar-refractivity contribution in [3.05, 3.63) is 48.0 Å². The fourth-order valence-corrected chi connectivity index (χ4v) is 2.28. The Morgan fingerprint density at radius 2 is 1.17 bits per heavy atom. The van der Waals surface area contributed by atoms with E-state index < -0.39 is 0 Å². The van der Waals surface area contributed by atoms with Gasteiger partial charge in [0.2, 0.25) is 0 Å². The van der Waals surface area contributed by atoms with Crippen molar-refractivity contribution in [2.24, 2.45) is 0 Å². The highest BCUT2D eigenvalue weighted by atomic mass is 16.5. The number of unbranched alkanes of at least 4 members (excludes halogenated alkanes) is 2. The maximum absolute atomic E-state index is 10.8. The van der Waals surface area contributed by atoms with Crippen LogP contribution in [0.15, 0.2) is 36.7 Å². The minimum absolute atomic E-state index is 0.167. The molecule has 0 saturated carbocycles. The molecule has 0 aliphatic heterocycles. The molecule has 2 rings (SSSR count). The van der Waals surface area contributed by atoms with Gasteiger partial charge in [-0.25, -0.2) is 0 Å². The Hall–Kier alpha value is -3.16. The van der Waals surface area contributed by atoms with Crippen LogP contribution in [-0.4, -0.2) is 35.1 Å². The van der Waals surface area contributed by atoms with E-state index in [1.807, 2.05) is 12.1 Å². The minimum atomic E-state index is -0.330. The van der Waals surface area contributed by atoms with E-state index in [9.17, 15) is 9.59 Å². The molecule has 0 unspecified atom stereocenters. The standard InChI is InChI=1S/C21H26N2O6/c1-16(24)28-14-18-6-8-20(12-22-18)26-10-4-3-5-11-27-21-9-7-19(23-13-21)15-29-17(2)25/h6-9,12-13H,3-5,10-11,14-15H2,1-2H3. The van der Waals surface area contributed by atoms with E-state index in [4.69, 9.17) is 18.9 Å². The van der Waals surface area contributed by atoms with Crippen LogP contribution in [0, 0.1) is 0 Å². The molecule has 0 saturated heterocycles. The van der Waals surface area contributed by atoms with Crippen LogP contribution in [0.3, 0.4) is 0 Å². The summed E-state index contributed by atoms with van der Waals surface area (Å²) in [7, 11) is 0. The molecule has 0 N–H and O–H groups in total. The number of hydrogen-bond acceptors (Lipinski definition) is 8. The van der Waals surface area contributed by atoms with E-state index in [1.54, 1.807) is 24.5 Å². The molecule has 0 amide bonds. The van der Waals surface area contributed by atoms with Crippen LogP contribution in [0.25, 0.3) is 0 Å². The van der Waals surface area contributed by atoms with Crippen LogP contribution >= 0.6 is 0 Å². The Bertz CT molecular complexity index is 696. The topological polar surface area (TPSA) is 96.8 Å². The molecule has 0 aliphatic carbocycles. The predicted molar refractivity (Wildman–Crippen MR) is 104 cm³/mol. The Kier molecular flexibility index (Phi) is 9.41. The maximum Gasteiger partial charge on any atom is 0.303 e. The number of esters is 2. The Balaban J connectivity index is 1.53. The highest BCUT2D eigenvalue weighted by molar-refractivity contribution is 5.66. The lowest BCUT2D eigenvalue weighted by atomic mass is 10.2. The number of carbonyl (C=O) groups is 2. The van der Waals surface area contributed by atoms with Gasteiger partial charge in [-0.2, -0.15) is 0 Å². The zero-order valence-electron chi connectivity index (χ0n) is 16.8. The van der Waals surface area contributed by atoms with Gasteiger partial charge in [-0.15, -0.1) is 0 Å². The highest BCUT2D eigenvalue weighted by Crippen LogP contribution is 2.12. The van der Waals surface area contributed by atoms with Gasteiger partial charge in [0.25, 0.3) is 0 Å². The van der Waals surface area contributed by atoms with Crippen molar-refractivity contribution in [3.8, 4) is 11.5 Å². The summed E-state index contributed by atoms with van der Waals surface area (Å²) in [6.07, 6.45) is 6.02. The number of rotatable bonds is 12.